The molecule has 0 aromatic rings. The Morgan fingerprint density at radius 3 is 2.46 bits per heavy atom. The van der Waals surface area contributed by atoms with Crippen LogP contribution in [0.4, 0.5) is 0 Å². The fraction of sp³-hybridized carbons (Fsp3) is 0.889. The van der Waals surface area contributed by atoms with Gasteiger partial charge < -0.3 is 0 Å². The number of hydrogen-bond acceptors (Lipinski definition) is 2. The molecular weight excluding hydrogens is 209 g/mol. The van der Waals surface area contributed by atoms with Crippen LogP contribution in [0, 0.1) is 5.92 Å². The van der Waals surface area contributed by atoms with Crippen molar-refractivity contribution >= 4 is 29.0 Å². The highest BCUT2D eigenvalue weighted by molar-refractivity contribution is 6.53. The van der Waals surface area contributed by atoms with Gasteiger partial charge in [-0.1, -0.05) is 30.1 Å². The van der Waals surface area contributed by atoms with Crippen molar-refractivity contribution in [1.29, 1.82) is 0 Å². The molecule has 0 unspecified atom stereocenters. The van der Waals surface area contributed by atoms with Gasteiger partial charge in [-0.25, -0.2) is 0 Å². The number of piperidine rings is 1. The van der Waals surface area contributed by atoms with E-state index in [2.05, 4.69) is 11.8 Å². The molecule has 0 aromatic carbocycles. The highest BCUT2D eigenvalue weighted by atomic mass is 35.5. The number of ketones is 1. The molecule has 4 heteroatoms. The zero-order valence-electron chi connectivity index (χ0n) is 7.80. The van der Waals surface area contributed by atoms with Gasteiger partial charge in [0.15, 0.2) is 10.6 Å². The van der Waals surface area contributed by atoms with E-state index >= 15 is 0 Å². The molecule has 0 radical (unpaired) electrons. The van der Waals surface area contributed by atoms with Crippen molar-refractivity contribution in [3.63, 3.8) is 0 Å². The van der Waals surface area contributed by atoms with Crippen LogP contribution in [0.1, 0.15) is 19.8 Å². The molecule has 0 spiro atoms. The average Bonchev–Trinajstić information content (AvgIpc) is 2.08. The first-order valence-electron chi connectivity index (χ1n) is 4.63. The van der Waals surface area contributed by atoms with Crippen LogP contribution in [0.2, 0.25) is 0 Å². The molecule has 1 aliphatic heterocycles. The van der Waals surface area contributed by atoms with Crippen molar-refractivity contribution in [1.82, 2.24) is 4.90 Å². The van der Waals surface area contributed by atoms with Gasteiger partial charge in [0.1, 0.15) is 0 Å². The molecule has 0 amide bonds. The lowest BCUT2D eigenvalue weighted by atomic mass is 9.99. The summed E-state index contributed by atoms with van der Waals surface area (Å²) in [6, 6.07) is 0. The van der Waals surface area contributed by atoms with Crippen molar-refractivity contribution in [3.8, 4) is 0 Å². The Kier molecular flexibility index (Phi) is 4.50. The van der Waals surface area contributed by atoms with E-state index in [1.807, 2.05) is 0 Å². The summed E-state index contributed by atoms with van der Waals surface area (Å²) in [6.45, 7) is 4.64. The summed E-state index contributed by atoms with van der Waals surface area (Å²) in [6.07, 6.45) is 2.34. The predicted octanol–water partition coefficient (Wildman–Crippen LogP) is 2.09. The van der Waals surface area contributed by atoms with E-state index in [4.69, 9.17) is 23.2 Å². The molecule has 0 aliphatic carbocycles. The average molecular weight is 224 g/mol. The third-order valence-electron chi connectivity index (χ3n) is 2.50. The number of alkyl halides is 2. The van der Waals surface area contributed by atoms with E-state index < -0.39 is 4.84 Å². The first-order valence-corrected chi connectivity index (χ1v) is 5.50. The summed E-state index contributed by atoms with van der Waals surface area (Å²) in [7, 11) is 0. The summed E-state index contributed by atoms with van der Waals surface area (Å²) in [4.78, 5) is 12.5. The summed E-state index contributed by atoms with van der Waals surface area (Å²) in [5.41, 5.74) is 0. The Morgan fingerprint density at radius 2 is 2.00 bits per heavy atom. The first kappa shape index (κ1) is 11.3. The monoisotopic (exact) mass is 223 g/mol. The smallest absolute Gasteiger partial charge is 0.179 e. The second kappa shape index (κ2) is 5.18. The van der Waals surface area contributed by atoms with E-state index in [-0.39, 0.29) is 5.78 Å². The highest BCUT2D eigenvalue weighted by Crippen LogP contribution is 2.16. The van der Waals surface area contributed by atoms with Crippen LogP contribution in [-0.2, 0) is 4.79 Å². The van der Waals surface area contributed by atoms with Gasteiger partial charge in [-0.05, 0) is 31.8 Å². The van der Waals surface area contributed by atoms with E-state index in [1.165, 1.54) is 12.8 Å². The van der Waals surface area contributed by atoms with Crippen LogP contribution in [0.3, 0.4) is 0 Å². The van der Waals surface area contributed by atoms with Gasteiger partial charge in [0, 0.05) is 0 Å². The summed E-state index contributed by atoms with van der Waals surface area (Å²) < 4.78 is 0. The second-order valence-corrected chi connectivity index (χ2v) is 4.82. The zero-order chi connectivity index (χ0) is 9.84. The standard InChI is InChI=1S/C9H15Cl2NO/c1-7-2-4-12(5-3-7)6-8(13)9(10)11/h7,9H,2-6H2,1H3. The van der Waals surface area contributed by atoms with Gasteiger partial charge in [0.25, 0.3) is 0 Å². The molecule has 1 rings (SSSR count). The number of rotatable bonds is 3. The van der Waals surface area contributed by atoms with Crippen molar-refractivity contribution in [2.75, 3.05) is 19.6 Å². The van der Waals surface area contributed by atoms with E-state index in [1.54, 1.807) is 0 Å². The van der Waals surface area contributed by atoms with Crippen LogP contribution in [0.25, 0.3) is 0 Å². The molecule has 1 fully saturated rings. The Hall–Kier alpha value is 0.210. The fourth-order valence-corrected chi connectivity index (χ4v) is 1.65. The molecule has 0 bridgehead atoms. The molecule has 0 N–H and O–H groups in total. The summed E-state index contributed by atoms with van der Waals surface area (Å²) >= 11 is 10.9. The van der Waals surface area contributed by atoms with Gasteiger partial charge in [0.05, 0.1) is 6.54 Å². The van der Waals surface area contributed by atoms with E-state index in [9.17, 15) is 4.79 Å². The van der Waals surface area contributed by atoms with Gasteiger partial charge in [0.2, 0.25) is 0 Å². The van der Waals surface area contributed by atoms with E-state index in [0.29, 0.717) is 6.54 Å². The lowest BCUT2D eigenvalue weighted by Crippen LogP contribution is -2.38. The van der Waals surface area contributed by atoms with Crippen LogP contribution in [0.15, 0.2) is 0 Å². The third-order valence-corrected chi connectivity index (χ3v) is 2.99. The zero-order valence-corrected chi connectivity index (χ0v) is 9.31. The van der Waals surface area contributed by atoms with Gasteiger partial charge in [-0.15, -0.1) is 0 Å². The lowest BCUT2D eigenvalue weighted by molar-refractivity contribution is -0.118. The van der Waals surface area contributed by atoms with Crippen LogP contribution >= 0.6 is 23.2 Å². The maximum atomic E-state index is 11.2. The SMILES string of the molecule is CC1CCN(CC(=O)C(Cl)Cl)CC1. The Bertz CT molecular complexity index is 176. The molecule has 1 aliphatic rings. The molecular formula is C9H15Cl2NO. The third kappa shape index (κ3) is 3.84. The second-order valence-electron chi connectivity index (χ2n) is 3.73. The number of halogens is 2. The minimum absolute atomic E-state index is 0.0853. The van der Waals surface area contributed by atoms with Gasteiger partial charge in [-0.2, -0.15) is 0 Å². The quantitative estimate of drug-likeness (QED) is 0.684. The number of Topliss-reactive ketones (excluding diaryl/α,β-unsaturated/α-hetero) is 1. The van der Waals surface area contributed by atoms with Crippen molar-refractivity contribution in [2.45, 2.75) is 24.6 Å². The molecule has 1 heterocycles. The van der Waals surface area contributed by atoms with Gasteiger partial charge >= 0.3 is 0 Å². The van der Waals surface area contributed by atoms with Crippen molar-refractivity contribution < 1.29 is 4.79 Å². The van der Waals surface area contributed by atoms with Crippen LogP contribution in [0.5, 0.6) is 0 Å². The largest absolute Gasteiger partial charge is 0.296 e. The number of carbonyl (C=O) groups is 1. The summed E-state index contributed by atoms with van der Waals surface area (Å²) in [5, 5.41) is 0. The minimum Gasteiger partial charge on any atom is -0.296 e. The molecule has 0 aromatic heterocycles. The maximum Gasteiger partial charge on any atom is 0.179 e. The number of carbonyl (C=O) groups excluding carboxylic acids is 1. The topological polar surface area (TPSA) is 20.3 Å². The number of nitrogens with zero attached hydrogens (tertiary/aromatic N) is 1. The Balaban J connectivity index is 2.26. The number of hydrogen-bond donors (Lipinski definition) is 0. The maximum absolute atomic E-state index is 11.2. The highest BCUT2D eigenvalue weighted by Gasteiger charge is 2.20. The summed E-state index contributed by atoms with van der Waals surface area (Å²) in [5.74, 6) is 0.701. The normalized spacial score (nSPS) is 20.9. The molecule has 1 saturated heterocycles. The van der Waals surface area contributed by atoms with Crippen molar-refractivity contribution in [3.05, 3.63) is 0 Å². The van der Waals surface area contributed by atoms with Crippen LogP contribution in [-0.4, -0.2) is 35.2 Å². The van der Waals surface area contributed by atoms with Crippen molar-refractivity contribution in [2.24, 2.45) is 5.92 Å². The molecule has 0 saturated carbocycles. The molecule has 76 valence electrons. The van der Waals surface area contributed by atoms with E-state index in [0.717, 1.165) is 19.0 Å². The first-order chi connectivity index (χ1) is 6.09. The molecule has 13 heavy (non-hydrogen) atoms. The minimum atomic E-state index is -0.862. The molecule has 0 atom stereocenters. The Labute approximate surface area is 89.2 Å². The van der Waals surface area contributed by atoms with Crippen LogP contribution < -0.4 is 0 Å². The molecule has 2 nitrogen and oxygen atoms in total. The Morgan fingerprint density at radius 1 is 1.46 bits per heavy atom. The lowest BCUT2D eigenvalue weighted by Gasteiger charge is -2.29. The predicted molar refractivity (Wildman–Crippen MR) is 55.3 cm³/mol. The fourth-order valence-electron chi connectivity index (χ4n) is 1.51. The van der Waals surface area contributed by atoms with Gasteiger partial charge in [-0.3, -0.25) is 9.69 Å². The number of likely N-dealkylation sites (tertiary alicyclic amines) is 1.